The average molecular weight is 1260 g/mol. The second-order valence-corrected chi connectivity index (χ2v) is 28.1. The van der Waals surface area contributed by atoms with Crippen LogP contribution in [0.15, 0.2) is 340 Å². The van der Waals surface area contributed by atoms with Crippen LogP contribution in [-0.2, 0) is 51.4 Å². The molecule has 0 saturated heterocycles. The Morgan fingerprint density at radius 2 is 0.677 bits per heavy atom. The summed E-state index contributed by atoms with van der Waals surface area (Å²) in [5.41, 5.74) is 30.3. The Morgan fingerprint density at radius 3 is 1.04 bits per heavy atom. The highest BCUT2D eigenvalue weighted by Gasteiger charge is 2.29. The normalized spacial score (nSPS) is 19.6. The van der Waals surface area contributed by atoms with E-state index in [0.29, 0.717) is 17.8 Å². The van der Waals surface area contributed by atoms with Gasteiger partial charge in [0.05, 0.1) is 0 Å². The molecule has 0 fully saturated rings. The number of hydrogen-bond donors (Lipinski definition) is 0. The van der Waals surface area contributed by atoms with Crippen molar-refractivity contribution < 1.29 is 0 Å². The minimum absolute atomic E-state index is 0.421. The first-order chi connectivity index (χ1) is 47.4. The summed E-state index contributed by atoms with van der Waals surface area (Å²) in [5, 5.41) is 0. The predicted octanol–water partition coefficient (Wildman–Crippen LogP) is 25.0. The molecular weight excluding hydrogens is 1150 g/mol. The average Bonchev–Trinajstić information content (AvgIpc) is 1.60. The Bertz CT molecular complexity index is 4040. The molecule has 0 amide bonds. The van der Waals surface area contributed by atoms with E-state index in [0.717, 1.165) is 50.9 Å². The van der Waals surface area contributed by atoms with Crippen molar-refractivity contribution in [3.63, 3.8) is 0 Å². The van der Waals surface area contributed by atoms with Gasteiger partial charge in [-0.05, 0) is 240 Å². The Morgan fingerprint density at radius 1 is 0.323 bits per heavy atom. The van der Waals surface area contributed by atoms with Gasteiger partial charge in [0.25, 0.3) is 0 Å². The Hall–Kier alpha value is -8.58. The van der Waals surface area contributed by atoms with Crippen LogP contribution in [0, 0.1) is 30.6 Å². The van der Waals surface area contributed by atoms with Crippen molar-refractivity contribution >= 4 is 0 Å². The predicted molar refractivity (Wildman–Crippen MR) is 413 cm³/mol. The Kier molecular flexibility index (Phi) is 24.5. The van der Waals surface area contributed by atoms with Gasteiger partial charge in [-0.3, -0.25) is 0 Å². The topological polar surface area (TPSA) is 0 Å². The van der Waals surface area contributed by atoms with Gasteiger partial charge in [0, 0.05) is 17.8 Å². The molecule has 9 aliphatic carbocycles. The van der Waals surface area contributed by atoms with Crippen LogP contribution in [-0.4, -0.2) is 0 Å². The summed E-state index contributed by atoms with van der Waals surface area (Å²) in [4.78, 5) is 0. The van der Waals surface area contributed by atoms with Crippen molar-refractivity contribution in [1.29, 1.82) is 0 Å². The third kappa shape index (κ3) is 18.5. The van der Waals surface area contributed by atoms with Crippen LogP contribution in [0.2, 0.25) is 0 Å². The third-order valence-electron chi connectivity index (χ3n) is 21.2. The molecule has 5 aromatic rings. The van der Waals surface area contributed by atoms with Crippen molar-refractivity contribution in [3.05, 3.63) is 390 Å². The van der Waals surface area contributed by atoms with E-state index >= 15 is 0 Å². The van der Waals surface area contributed by atoms with Gasteiger partial charge in [-0.2, -0.15) is 0 Å². The first-order valence-electron chi connectivity index (χ1n) is 37.2. The zero-order chi connectivity index (χ0) is 65.5. The van der Waals surface area contributed by atoms with E-state index in [2.05, 4.69) is 294 Å². The molecule has 14 rings (SSSR count). The van der Waals surface area contributed by atoms with E-state index in [9.17, 15) is 0 Å². The molecule has 96 heavy (non-hydrogen) atoms. The summed E-state index contributed by atoms with van der Waals surface area (Å²) in [6.07, 6.45) is 83.7. The molecule has 0 spiro atoms. The van der Waals surface area contributed by atoms with Crippen molar-refractivity contribution in [3.8, 4) is 0 Å². The molecule has 0 aromatic heterocycles. The molecule has 0 nitrogen and oxygen atoms in total. The molecule has 9 aliphatic rings. The van der Waals surface area contributed by atoms with E-state index in [1.807, 2.05) is 0 Å². The lowest BCUT2D eigenvalue weighted by Gasteiger charge is -2.26. The zero-order valence-corrected chi connectivity index (χ0v) is 58.1. The molecule has 0 N–H and O–H groups in total. The molecule has 0 heteroatoms. The number of benzene rings is 5. The number of aryl methyl sites for hydroxylation is 6. The van der Waals surface area contributed by atoms with Gasteiger partial charge in [0.1, 0.15) is 0 Å². The second-order valence-electron chi connectivity index (χ2n) is 28.1. The number of rotatable bonds is 26. The molecule has 0 saturated carbocycles. The van der Waals surface area contributed by atoms with Gasteiger partial charge in [-0.1, -0.05) is 325 Å². The van der Waals surface area contributed by atoms with Crippen molar-refractivity contribution in [1.82, 2.24) is 0 Å². The lowest BCUT2D eigenvalue weighted by Crippen LogP contribution is -2.12. The smallest absolute Gasteiger partial charge is 0.0281 e. The fraction of sp³-hybridized carbons (Fsp3) is 0.312. The Balaban J connectivity index is 0.000000138. The fourth-order valence-corrected chi connectivity index (χ4v) is 15.5. The number of hydrogen-bond acceptors (Lipinski definition) is 0. The summed E-state index contributed by atoms with van der Waals surface area (Å²) < 4.78 is 0. The van der Waals surface area contributed by atoms with E-state index in [1.54, 1.807) is 0 Å². The third-order valence-corrected chi connectivity index (χ3v) is 21.2. The van der Waals surface area contributed by atoms with Crippen LogP contribution in [0.5, 0.6) is 0 Å². The minimum atomic E-state index is 0.421. The van der Waals surface area contributed by atoms with Crippen molar-refractivity contribution in [2.24, 2.45) is 23.7 Å². The summed E-state index contributed by atoms with van der Waals surface area (Å²) in [7, 11) is 0. The number of fused-ring (bicyclic) bond motifs is 3. The molecule has 488 valence electrons. The molecule has 0 radical (unpaired) electrons. The summed E-state index contributed by atoms with van der Waals surface area (Å²) in [6, 6.07) is 47.9. The molecule has 0 heterocycles. The highest BCUT2D eigenvalue weighted by molar-refractivity contribution is 5.63. The maximum absolute atomic E-state index is 2.40. The molecular formula is C96H104. The fourth-order valence-electron chi connectivity index (χ4n) is 15.5. The van der Waals surface area contributed by atoms with Crippen molar-refractivity contribution in [2.45, 2.75) is 168 Å². The Labute approximate surface area is 578 Å². The van der Waals surface area contributed by atoms with Gasteiger partial charge in [0.2, 0.25) is 0 Å². The summed E-state index contributed by atoms with van der Waals surface area (Å²) in [5.74, 6) is 2.17. The summed E-state index contributed by atoms with van der Waals surface area (Å²) >= 11 is 0. The van der Waals surface area contributed by atoms with Gasteiger partial charge >= 0.3 is 0 Å². The van der Waals surface area contributed by atoms with Crippen LogP contribution in [0.1, 0.15) is 160 Å². The minimum Gasteiger partial charge on any atom is -0.0836 e. The van der Waals surface area contributed by atoms with Gasteiger partial charge < -0.3 is 0 Å². The molecule has 0 aliphatic heterocycles. The monoisotopic (exact) mass is 1260 g/mol. The van der Waals surface area contributed by atoms with Crippen LogP contribution >= 0.6 is 0 Å². The highest BCUT2D eigenvalue weighted by atomic mass is 14.3. The lowest BCUT2D eigenvalue weighted by molar-refractivity contribution is 0.432. The zero-order valence-electron chi connectivity index (χ0n) is 58.1. The summed E-state index contributed by atoms with van der Waals surface area (Å²) in [6.45, 7) is 6.79. The van der Waals surface area contributed by atoms with E-state index in [-0.39, 0.29) is 0 Å². The molecule has 4 atom stereocenters. The van der Waals surface area contributed by atoms with Crippen LogP contribution in [0.3, 0.4) is 0 Å². The van der Waals surface area contributed by atoms with E-state index in [4.69, 9.17) is 0 Å². The standard InChI is InChI=1S/C34H36.C32H32.C30H36/c1(5-12-27-13-7-3-8-14-27)2-6-15-28-20-22-29(23-21-28)26-31-24-25-33(30-16-9-4-10-17-30)34-19-11-18-32(31)34;1-24-13-15-25(16-14-24)7-5-8-26-17-19-27(20-18-26)23-29-21-22-31(28-9-3-2-4-10-28)32-12-6-11-30(29)32;1-3-9-23(4-2)14-15-24-16-18-25(19-17-24)22-27-20-21-29(26-10-6-5-7-11-26)30-13-8-12-28(27)30/h3,7-9,11,13-14,16-25,34H,1-2,4-6,10,12,15,26H2;3,6,9-22,32H,2,4-5,7-8,23H2,1H3;6,8,10-13,16-21,23,30H,3-5,7,9,14-15,22H2,1-2H3. The SMILES string of the molecule is C1=CC2C(C3=CCCC=C3)=CC=C(Cc3ccc(CCCCCCc4ccccc4)cc3)C2=C1.CCCC(CC)CCc1ccc(CC2=CC=C(C3=CCCC=C3)C3C=CC=C23)cc1.Cc1ccc(CCCc2ccc(CC3=CC=C(C4=CCCC=C4)C4C=CC=C34)cc2)cc1. The molecule has 0 bridgehead atoms. The highest BCUT2D eigenvalue weighted by Crippen LogP contribution is 2.44. The first-order valence-corrected chi connectivity index (χ1v) is 37.2. The van der Waals surface area contributed by atoms with Gasteiger partial charge in [0.15, 0.2) is 0 Å². The molecule has 4 unspecified atom stereocenters. The van der Waals surface area contributed by atoms with Gasteiger partial charge in [-0.15, -0.1) is 0 Å². The van der Waals surface area contributed by atoms with E-state index < -0.39 is 0 Å². The van der Waals surface area contributed by atoms with E-state index in [1.165, 1.54) is 220 Å². The lowest BCUT2D eigenvalue weighted by atomic mass is 9.78. The van der Waals surface area contributed by atoms with Crippen LogP contribution in [0.4, 0.5) is 0 Å². The second kappa shape index (κ2) is 34.9. The quantitative estimate of drug-likeness (QED) is 0.0484. The number of allylic oxidation sites excluding steroid dienone is 36. The van der Waals surface area contributed by atoms with Crippen LogP contribution < -0.4 is 0 Å². The maximum atomic E-state index is 2.40. The molecule has 5 aromatic carbocycles. The first kappa shape index (κ1) is 67.4. The van der Waals surface area contributed by atoms with Gasteiger partial charge in [-0.25, -0.2) is 0 Å². The van der Waals surface area contributed by atoms with Crippen LogP contribution in [0.25, 0.3) is 0 Å². The van der Waals surface area contributed by atoms with Crippen molar-refractivity contribution in [2.75, 3.05) is 0 Å². The largest absolute Gasteiger partial charge is 0.0836 e. The number of unbranched alkanes of at least 4 members (excludes halogenated alkanes) is 3. The maximum Gasteiger partial charge on any atom is 0.0281 e.